The number of hydrogen-bond acceptors (Lipinski definition) is 2. The molecule has 1 rings (SSSR count). The van der Waals surface area contributed by atoms with E-state index < -0.39 is 11.6 Å². The second-order valence-corrected chi connectivity index (χ2v) is 2.97. The Hall–Kier alpha value is -1.89. The lowest BCUT2D eigenvalue weighted by Gasteiger charge is -1.95. The first-order valence-corrected chi connectivity index (χ1v) is 4.72. The van der Waals surface area contributed by atoms with Crippen LogP contribution in [0.2, 0.25) is 0 Å². The van der Waals surface area contributed by atoms with Gasteiger partial charge in [0.15, 0.2) is 6.61 Å². The fourth-order valence-corrected chi connectivity index (χ4v) is 0.983. The molecule has 0 aliphatic rings. The lowest BCUT2D eigenvalue weighted by molar-refractivity contribution is -0.141. The van der Waals surface area contributed by atoms with E-state index >= 15 is 0 Å². The van der Waals surface area contributed by atoms with Crippen LogP contribution in [0.25, 0.3) is 0 Å². The van der Waals surface area contributed by atoms with Crippen LogP contribution in [0.5, 0.6) is 0 Å². The SMILES string of the molecule is CCC(=O)OCC#Cc1cc(F)cc(F)c1. The van der Waals surface area contributed by atoms with Crippen molar-refractivity contribution in [3.8, 4) is 11.8 Å². The Morgan fingerprint density at radius 2 is 1.94 bits per heavy atom. The predicted molar refractivity (Wildman–Crippen MR) is 54.5 cm³/mol. The van der Waals surface area contributed by atoms with E-state index in [1.807, 2.05) is 0 Å². The van der Waals surface area contributed by atoms with Gasteiger partial charge in [-0.15, -0.1) is 0 Å². The number of ether oxygens (including phenoxy) is 1. The second kappa shape index (κ2) is 5.86. The molecule has 16 heavy (non-hydrogen) atoms. The van der Waals surface area contributed by atoms with Crippen LogP contribution < -0.4 is 0 Å². The predicted octanol–water partition coefficient (Wildman–Crippen LogP) is 2.27. The molecular weight excluding hydrogens is 214 g/mol. The second-order valence-electron chi connectivity index (χ2n) is 2.97. The van der Waals surface area contributed by atoms with Crippen LogP contribution in [-0.2, 0) is 9.53 Å². The van der Waals surface area contributed by atoms with Gasteiger partial charge in [-0.1, -0.05) is 18.8 Å². The van der Waals surface area contributed by atoms with E-state index in [0.717, 1.165) is 18.2 Å². The Balaban J connectivity index is 2.59. The zero-order valence-corrected chi connectivity index (χ0v) is 8.72. The van der Waals surface area contributed by atoms with Crippen molar-refractivity contribution in [2.24, 2.45) is 0 Å². The van der Waals surface area contributed by atoms with Gasteiger partial charge in [-0.05, 0) is 12.1 Å². The van der Waals surface area contributed by atoms with Gasteiger partial charge in [0.2, 0.25) is 0 Å². The summed E-state index contributed by atoms with van der Waals surface area (Å²) in [6.07, 6.45) is 0.274. The quantitative estimate of drug-likeness (QED) is 0.569. The third kappa shape index (κ3) is 4.09. The Bertz CT molecular complexity index is 424. The number of benzene rings is 1. The van der Waals surface area contributed by atoms with Crippen LogP contribution in [0.1, 0.15) is 18.9 Å². The maximum Gasteiger partial charge on any atom is 0.306 e. The summed E-state index contributed by atoms with van der Waals surface area (Å²) in [4.78, 5) is 10.7. The maximum absolute atomic E-state index is 12.7. The first-order chi connectivity index (χ1) is 7.61. The molecule has 0 N–H and O–H groups in total. The van der Waals surface area contributed by atoms with Crippen LogP contribution in [0.3, 0.4) is 0 Å². The number of carbonyl (C=O) groups is 1. The summed E-state index contributed by atoms with van der Waals surface area (Å²) >= 11 is 0. The van der Waals surface area contributed by atoms with Gasteiger partial charge in [-0.2, -0.15) is 0 Å². The topological polar surface area (TPSA) is 26.3 Å². The van der Waals surface area contributed by atoms with E-state index in [9.17, 15) is 13.6 Å². The number of esters is 1. The average Bonchev–Trinajstić information content (AvgIpc) is 2.22. The minimum absolute atomic E-state index is 0.0786. The van der Waals surface area contributed by atoms with Gasteiger partial charge in [0.25, 0.3) is 0 Å². The van der Waals surface area contributed by atoms with Gasteiger partial charge in [0.1, 0.15) is 11.6 Å². The normalized spacial score (nSPS) is 9.19. The van der Waals surface area contributed by atoms with Crippen LogP contribution >= 0.6 is 0 Å². The van der Waals surface area contributed by atoms with Crippen molar-refractivity contribution in [1.82, 2.24) is 0 Å². The molecule has 0 saturated carbocycles. The van der Waals surface area contributed by atoms with Gasteiger partial charge in [-0.3, -0.25) is 4.79 Å². The van der Waals surface area contributed by atoms with Crippen LogP contribution in [0.15, 0.2) is 18.2 Å². The van der Waals surface area contributed by atoms with E-state index in [0.29, 0.717) is 0 Å². The van der Waals surface area contributed by atoms with Crippen molar-refractivity contribution in [3.63, 3.8) is 0 Å². The number of halogens is 2. The van der Waals surface area contributed by atoms with Crippen molar-refractivity contribution in [3.05, 3.63) is 35.4 Å². The molecule has 0 aliphatic carbocycles. The molecule has 0 spiro atoms. The summed E-state index contributed by atoms with van der Waals surface area (Å²) in [6, 6.07) is 2.98. The molecule has 0 bridgehead atoms. The van der Waals surface area contributed by atoms with Crippen LogP contribution in [-0.4, -0.2) is 12.6 Å². The summed E-state index contributed by atoms with van der Waals surface area (Å²) in [5.74, 6) is 3.26. The molecule has 0 radical (unpaired) electrons. The van der Waals surface area contributed by atoms with E-state index in [4.69, 9.17) is 0 Å². The fourth-order valence-electron chi connectivity index (χ4n) is 0.983. The summed E-state index contributed by atoms with van der Waals surface area (Å²) in [5.41, 5.74) is 0.213. The van der Waals surface area contributed by atoms with Crippen molar-refractivity contribution in [2.45, 2.75) is 13.3 Å². The van der Waals surface area contributed by atoms with Gasteiger partial charge < -0.3 is 4.74 Å². The van der Waals surface area contributed by atoms with E-state index in [-0.39, 0.29) is 24.6 Å². The monoisotopic (exact) mass is 224 g/mol. The Kier molecular flexibility index (Phi) is 4.46. The van der Waals surface area contributed by atoms with Crippen molar-refractivity contribution >= 4 is 5.97 Å². The summed E-state index contributed by atoms with van der Waals surface area (Å²) in [7, 11) is 0. The fraction of sp³-hybridized carbons (Fsp3) is 0.250. The Morgan fingerprint density at radius 3 is 2.50 bits per heavy atom. The van der Waals surface area contributed by atoms with Crippen molar-refractivity contribution in [2.75, 3.05) is 6.61 Å². The van der Waals surface area contributed by atoms with Gasteiger partial charge in [0.05, 0.1) is 0 Å². The molecule has 0 atom stereocenters. The largest absolute Gasteiger partial charge is 0.452 e. The molecule has 84 valence electrons. The highest BCUT2D eigenvalue weighted by molar-refractivity contribution is 5.69. The van der Waals surface area contributed by atoms with Gasteiger partial charge in [0, 0.05) is 18.1 Å². The van der Waals surface area contributed by atoms with E-state index in [1.54, 1.807) is 6.92 Å². The van der Waals surface area contributed by atoms with Gasteiger partial charge in [-0.25, -0.2) is 8.78 Å². The summed E-state index contributed by atoms with van der Waals surface area (Å²) in [6.45, 7) is 1.59. The molecule has 1 aromatic carbocycles. The summed E-state index contributed by atoms with van der Waals surface area (Å²) in [5, 5.41) is 0. The Morgan fingerprint density at radius 1 is 1.31 bits per heavy atom. The molecule has 0 aromatic heterocycles. The molecule has 0 fully saturated rings. The molecule has 0 amide bonds. The third-order valence-electron chi connectivity index (χ3n) is 1.69. The standard InChI is InChI=1S/C12H10F2O2/c1-2-12(15)16-5-3-4-9-6-10(13)8-11(14)7-9/h6-8H,2,5H2,1H3. The lowest BCUT2D eigenvalue weighted by Crippen LogP contribution is -2.01. The van der Waals surface area contributed by atoms with E-state index in [2.05, 4.69) is 16.6 Å². The Labute approximate surface area is 92.2 Å². The van der Waals surface area contributed by atoms with Crippen LogP contribution in [0, 0.1) is 23.5 Å². The average molecular weight is 224 g/mol. The molecule has 2 nitrogen and oxygen atoms in total. The molecule has 0 unspecified atom stereocenters. The first kappa shape index (κ1) is 12.2. The highest BCUT2D eigenvalue weighted by Gasteiger charge is 1.97. The van der Waals surface area contributed by atoms with Crippen LogP contribution in [0.4, 0.5) is 8.78 Å². The lowest BCUT2D eigenvalue weighted by atomic mass is 10.2. The van der Waals surface area contributed by atoms with E-state index in [1.165, 1.54) is 0 Å². The highest BCUT2D eigenvalue weighted by atomic mass is 19.1. The molecule has 0 heterocycles. The molecule has 0 saturated heterocycles. The minimum atomic E-state index is -0.685. The first-order valence-electron chi connectivity index (χ1n) is 4.72. The zero-order chi connectivity index (χ0) is 12.0. The smallest absolute Gasteiger partial charge is 0.306 e. The number of rotatable bonds is 2. The third-order valence-corrected chi connectivity index (χ3v) is 1.69. The number of hydrogen-bond donors (Lipinski definition) is 0. The molecule has 1 aromatic rings. The number of carbonyl (C=O) groups excluding carboxylic acids is 1. The molecule has 0 aliphatic heterocycles. The summed E-state index contributed by atoms with van der Waals surface area (Å²) < 4.78 is 30.1. The highest BCUT2D eigenvalue weighted by Crippen LogP contribution is 2.06. The minimum Gasteiger partial charge on any atom is -0.452 e. The zero-order valence-electron chi connectivity index (χ0n) is 8.72. The van der Waals surface area contributed by atoms with Crippen molar-refractivity contribution in [1.29, 1.82) is 0 Å². The van der Waals surface area contributed by atoms with Gasteiger partial charge >= 0.3 is 5.97 Å². The van der Waals surface area contributed by atoms with Crippen molar-refractivity contribution < 1.29 is 18.3 Å². The maximum atomic E-state index is 12.7. The molecule has 4 heteroatoms. The molecular formula is C12H10F2O2.